The maximum Gasteiger partial charge on any atom is 0.266 e. The molecule has 5 atom stereocenters. The van der Waals surface area contributed by atoms with Crippen molar-refractivity contribution in [3.8, 4) is 0 Å². The van der Waals surface area contributed by atoms with Crippen molar-refractivity contribution < 1.29 is 30.0 Å². The Bertz CT molecular complexity index is 666. The largest absolute Gasteiger partial charge is 0.394 e. The van der Waals surface area contributed by atoms with Gasteiger partial charge in [0.25, 0.3) is 5.56 Å². The summed E-state index contributed by atoms with van der Waals surface area (Å²) < 4.78 is 6.49. The van der Waals surface area contributed by atoms with Gasteiger partial charge in [0.1, 0.15) is 35.8 Å². The van der Waals surface area contributed by atoms with Gasteiger partial charge in [-0.2, -0.15) is 0 Å². The first-order chi connectivity index (χ1) is 11.3. The molecule has 5 N–H and O–H groups in total. The second-order valence-electron chi connectivity index (χ2n) is 5.24. The number of rotatable bonds is 5. The van der Waals surface area contributed by atoms with E-state index in [1.54, 1.807) is 6.26 Å². The highest BCUT2D eigenvalue weighted by Crippen LogP contribution is 2.23. The van der Waals surface area contributed by atoms with Crippen LogP contribution in [0.25, 0.3) is 0 Å². The fraction of sp³-hybridized carbons (Fsp3) is 0.615. The number of anilines is 1. The van der Waals surface area contributed by atoms with E-state index in [0.29, 0.717) is 11.4 Å². The van der Waals surface area contributed by atoms with Crippen LogP contribution in [0.4, 0.5) is 5.82 Å². The minimum absolute atomic E-state index is 0.123. The van der Waals surface area contributed by atoms with Crippen LogP contribution in [0.2, 0.25) is 0 Å². The molecule has 0 saturated carbocycles. The van der Waals surface area contributed by atoms with Gasteiger partial charge in [0.05, 0.1) is 6.61 Å². The van der Waals surface area contributed by atoms with E-state index in [4.69, 9.17) is 4.74 Å². The smallest absolute Gasteiger partial charge is 0.266 e. The number of nitrogens with zero attached hydrogens (tertiary/aromatic N) is 2. The van der Waals surface area contributed by atoms with E-state index < -0.39 is 42.8 Å². The average molecular weight is 361 g/mol. The minimum Gasteiger partial charge on any atom is -0.394 e. The van der Waals surface area contributed by atoms with Gasteiger partial charge >= 0.3 is 0 Å². The van der Waals surface area contributed by atoms with Gasteiger partial charge in [0.2, 0.25) is 0 Å². The van der Waals surface area contributed by atoms with Gasteiger partial charge in [-0.25, -0.2) is 4.98 Å². The molecular formula is C13H19N3O7S. The second kappa shape index (κ2) is 7.59. The van der Waals surface area contributed by atoms with Crippen LogP contribution in [0.15, 0.2) is 9.95 Å². The third-order valence-electron chi connectivity index (χ3n) is 3.76. The van der Waals surface area contributed by atoms with Gasteiger partial charge in [0, 0.05) is 7.05 Å². The molecule has 1 aromatic heterocycles. The molecule has 24 heavy (non-hydrogen) atoms. The van der Waals surface area contributed by atoms with E-state index in [2.05, 4.69) is 10.3 Å². The van der Waals surface area contributed by atoms with Crippen LogP contribution >= 0.6 is 11.8 Å². The number of aliphatic hydroxyl groups excluding tert-OH is 4. The van der Waals surface area contributed by atoms with E-state index in [-0.39, 0.29) is 11.4 Å². The lowest BCUT2D eigenvalue weighted by molar-refractivity contribution is -0.221. The van der Waals surface area contributed by atoms with Crippen LogP contribution in [-0.2, 0) is 11.8 Å². The number of aliphatic hydroxyl groups is 4. The molecule has 2 rings (SSSR count). The Balaban J connectivity index is 2.38. The van der Waals surface area contributed by atoms with Crippen molar-refractivity contribution in [1.29, 1.82) is 0 Å². The maximum atomic E-state index is 12.2. The van der Waals surface area contributed by atoms with Crippen molar-refractivity contribution in [2.45, 2.75) is 35.8 Å². The Kier molecular flexibility index (Phi) is 5.96. The molecule has 0 aliphatic carbocycles. The molecule has 10 nitrogen and oxygen atoms in total. The van der Waals surface area contributed by atoms with Crippen molar-refractivity contribution in [2.24, 2.45) is 7.05 Å². The SMILES string of the molecule is CSc1nc(N[C@@H]2O[C@@H](CO)[C@@H](O)[C@@H](O)[C@H]2O)c(C=O)c(=O)n1C. The normalized spacial score (nSPS) is 30.2. The average Bonchev–Trinajstić information content (AvgIpc) is 2.58. The number of hydrogen-bond donors (Lipinski definition) is 5. The fourth-order valence-electron chi connectivity index (χ4n) is 2.35. The molecular weight excluding hydrogens is 342 g/mol. The van der Waals surface area contributed by atoms with Crippen LogP contribution in [0, 0.1) is 0 Å². The summed E-state index contributed by atoms with van der Waals surface area (Å²) in [5.74, 6) is -0.123. The van der Waals surface area contributed by atoms with Gasteiger partial charge < -0.3 is 30.5 Å². The zero-order valence-electron chi connectivity index (χ0n) is 13.0. The van der Waals surface area contributed by atoms with E-state index >= 15 is 0 Å². The molecule has 11 heteroatoms. The van der Waals surface area contributed by atoms with E-state index in [1.807, 2.05) is 0 Å². The second-order valence-corrected chi connectivity index (χ2v) is 6.01. The van der Waals surface area contributed by atoms with Crippen molar-refractivity contribution in [3.63, 3.8) is 0 Å². The molecule has 0 amide bonds. The van der Waals surface area contributed by atoms with Crippen molar-refractivity contribution >= 4 is 23.9 Å². The highest BCUT2D eigenvalue weighted by Gasteiger charge is 2.43. The minimum atomic E-state index is -1.58. The molecule has 1 saturated heterocycles. The van der Waals surface area contributed by atoms with E-state index in [0.717, 1.165) is 0 Å². The van der Waals surface area contributed by atoms with Crippen molar-refractivity contribution in [2.75, 3.05) is 18.2 Å². The van der Waals surface area contributed by atoms with Gasteiger partial charge in [-0.05, 0) is 6.26 Å². The van der Waals surface area contributed by atoms with Gasteiger partial charge in [-0.3, -0.25) is 14.2 Å². The number of hydrogen-bond acceptors (Lipinski definition) is 10. The maximum absolute atomic E-state index is 12.2. The Labute approximate surface area is 141 Å². The van der Waals surface area contributed by atoms with Gasteiger partial charge in [-0.15, -0.1) is 0 Å². The van der Waals surface area contributed by atoms with Crippen LogP contribution in [0.1, 0.15) is 10.4 Å². The predicted octanol–water partition coefficient (Wildman–Crippen LogP) is -2.47. The summed E-state index contributed by atoms with van der Waals surface area (Å²) in [5, 5.41) is 41.6. The molecule has 1 aliphatic rings. The lowest BCUT2D eigenvalue weighted by atomic mass is 9.98. The van der Waals surface area contributed by atoms with Crippen LogP contribution in [0.5, 0.6) is 0 Å². The quantitative estimate of drug-likeness (QED) is 0.216. The van der Waals surface area contributed by atoms with E-state index in [1.165, 1.54) is 23.4 Å². The molecule has 0 aromatic carbocycles. The van der Waals surface area contributed by atoms with Crippen LogP contribution < -0.4 is 10.9 Å². The van der Waals surface area contributed by atoms with Crippen LogP contribution in [0.3, 0.4) is 0 Å². The molecule has 0 bridgehead atoms. The Morgan fingerprint density at radius 3 is 2.54 bits per heavy atom. The third-order valence-corrected chi connectivity index (χ3v) is 4.49. The molecule has 1 fully saturated rings. The molecule has 0 spiro atoms. The number of aldehydes is 1. The number of thioether (sulfide) groups is 1. The standard InChI is InChI=1S/C13H19N3O7S/c1-16-12(22)5(3-17)10(15-13(16)24-2)14-11-9(21)8(20)7(19)6(4-18)23-11/h3,6-9,11,14,18-21H,4H2,1-2H3/t6-,7+,8+,9+,11+/m0/s1. The summed E-state index contributed by atoms with van der Waals surface area (Å²) in [6, 6.07) is 0. The third kappa shape index (κ3) is 3.31. The first-order valence-corrected chi connectivity index (χ1v) is 8.25. The number of carbonyl (C=O) groups excluding carboxylic acids is 1. The number of aromatic nitrogens is 2. The lowest BCUT2D eigenvalue weighted by Gasteiger charge is -2.40. The molecule has 0 radical (unpaired) electrons. The summed E-state index contributed by atoms with van der Waals surface area (Å²) in [5.41, 5.74) is -0.858. The zero-order valence-corrected chi connectivity index (χ0v) is 13.8. The van der Waals surface area contributed by atoms with Gasteiger partial charge in [0.15, 0.2) is 17.7 Å². The van der Waals surface area contributed by atoms with Gasteiger partial charge in [-0.1, -0.05) is 11.8 Å². The summed E-state index contributed by atoms with van der Waals surface area (Å²) in [4.78, 5) is 27.5. The highest BCUT2D eigenvalue weighted by molar-refractivity contribution is 7.98. The summed E-state index contributed by atoms with van der Waals surface area (Å²) in [7, 11) is 1.46. The van der Waals surface area contributed by atoms with Crippen molar-refractivity contribution in [1.82, 2.24) is 9.55 Å². The van der Waals surface area contributed by atoms with Crippen LogP contribution in [-0.4, -0.2) is 79.8 Å². The Morgan fingerprint density at radius 2 is 2.00 bits per heavy atom. The fourth-order valence-corrected chi connectivity index (χ4v) is 2.89. The Hall–Kier alpha value is -1.50. The summed E-state index contributed by atoms with van der Waals surface area (Å²) >= 11 is 1.17. The first kappa shape index (κ1) is 18.8. The summed E-state index contributed by atoms with van der Waals surface area (Å²) in [6.07, 6.45) is -5.04. The topological polar surface area (TPSA) is 154 Å². The zero-order chi connectivity index (χ0) is 18.0. The number of carbonyl (C=O) groups is 1. The monoisotopic (exact) mass is 361 g/mol. The highest BCUT2D eigenvalue weighted by atomic mass is 32.2. The molecule has 2 heterocycles. The Morgan fingerprint density at radius 1 is 1.33 bits per heavy atom. The predicted molar refractivity (Wildman–Crippen MR) is 84.0 cm³/mol. The first-order valence-electron chi connectivity index (χ1n) is 7.03. The number of ether oxygens (including phenoxy) is 1. The molecule has 1 aromatic rings. The molecule has 0 unspecified atom stereocenters. The summed E-state index contributed by atoms with van der Waals surface area (Å²) in [6.45, 7) is -0.594. The van der Waals surface area contributed by atoms with Crippen molar-refractivity contribution in [3.05, 3.63) is 15.9 Å². The van der Waals surface area contributed by atoms with E-state index in [9.17, 15) is 30.0 Å². The number of nitrogens with one attached hydrogen (secondary N) is 1. The molecule has 1 aliphatic heterocycles. The molecule has 134 valence electrons. The lowest BCUT2D eigenvalue weighted by Crippen LogP contribution is -2.60.